The van der Waals surface area contributed by atoms with Crippen molar-refractivity contribution < 1.29 is 9.84 Å². The van der Waals surface area contributed by atoms with Gasteiger partial charge >= 0.3 is 0 Å². The standard InChI is InChI=1S/C16H17NO2/c1-11-6-14(8-15(18)7-11)13-4-5-16(17-9-13)19-10-12-2-3-12/h4-9,12,18H,2-3,10H2,1H3. The van der Waals surface area contributed by atoms with E-state index in [-0.39, 0.29) is 5.75 Å². The number of nitrogens with zero attached hydrogens (tertiary/aromatic N) is 1. The molecule has 0 saturated heterocycles. The molecule has 0 amide bonds. The minimum absolute atomic E-state index is 0.282. The van der Waals surface area contributed by atoms with Crippen molar-refractivity contribution in [3.05, 3.63) is 42.1 Å². The van der Waals surface area contributed by atoms with Crippen LogP contribution in [0.4, 0.5) is 0 Å². The smallest absolute Gasteiger partial charge is 0.213 e. The van der Waals surface area contributed by atoms with E-state index in [2.05, 4.69) is 4.98 Å². The normalized spacial score (nSPS) is 14.4. The van der Waals surface area contributed by atoms with E-state index in [1.807, 2.05) is 25.1 Å². The summed E-state index contributed by atoms with van der Waals surface area (Å²) in [4.78, 5) is 4.31. The van der Waals surface area contributed by atoms with Gasteiger partial charge in [-0.25, -0.2) is 4.98 Å². The number of phenols is 1. The van der Waals surface area contributed by atoms with Crippen LogP contribution in [0.15, 0.2) is 36.5 Å². The third kappa shape index (κ3) is 3.05. The van der Waals surface area contributed by atoms with Crippen LogP contribution in [-0.4, -0.2) is 16.7 Å². The third-order valence-electron chi connectivity index (χ3n) is 3.30. The fraction of sp³-hybridized carbons (Fsp3) is 0.312. The summed E-state index contributed by atoms with van der Waals surface area (Å²) < 4.78 is 5.61. The van der Waals surface area contributed by atoms with Crippen LogP contribution in [0.5, 0.6) is 11.6 Å². The van der Waals surface area contributed by atoms with Gasteiger partial charge in [-0.15, -0.1) is 0 Å². The van der Waals surface area contributed by atoms with Gasteiger partial charge < -0.3 is 9.84 Å². The summed E-state index contributed by atoms with van der Waals surface area (Å²) in [6, 6.07) is 9.38. The number of hydrogen-bond donors (Lipinski definition) is 1. The predicted molar refractivity (Wildman–Crippen MR) is 74.3 cm³/mol. The molecule has 3 nitrogen and oxygen atoms in total. The Labute approximate surface area is 112 Å². The Hall–Kier alpha value is -2.03. The average Bonchev–Trinajstić information content (AvgIpc) is 3.20. The highest BCUT2D eigenvalue weighted by Crippen LogP contribution is 2.30. The highest BCUT2D eigenvalue weighted by molar-refractivity contribution is 5.65. The van der Waals surface area contributed by atoms with Crippen molar-refractivity contribution in [1.82, 2.24) is 4.98 Å². The molecular formula is C16H17NO2. The fourth-order valence-electron chi connectivity index (χ4n) is 2.05. The van der Waals surface area contributed by atoms with E-state index in [1.165, 1.54) is 12.8 Å². The molecule has 0 unspecified atom stereocenters. The Kier molecular flexibility index (Phi) is 3.11. The molecule has 3 heteroatoms. The van der Waals surface area contributed by atoms with Gasteiger partial charge in [-0.05, 0) is 55.0 Å². The van der Waals surface area contributed by atoms with Gasteiger partial charge in [0.05, 0.1) is 6.61 Å². The van der Waals surface area contributed by atoms with Crippen LogP contribution in [-0.2, 0) is 0 Å². The van der Waals surface area contributed by atoms with Gasteiger partial charge in [-0.1, -0.05) is 6.07 Å². The zero-order valence-corrected chi connectivity index (χ0v) is 11.0. The second-order valence-electron chi connectivity index (χ2n) is 5.20. The number of hydrogen-bond acceptors (Lipinski definition) is 3. The van der Waals surface area contributed by atoms with Gasteiger partial charge in [-0.2, -0.15) is 0 Å². The summed E-state index contributed by atoms with van der Waals surface area (Å²) in [6.45, 7) is 2.74. The monoisotopic (exact) mass is 255 g/mol. The summed E-state index contributed by atoms with van der Waals surface area (Å²) in [5.74, 6) is 1.69. The molecule has 2 aromatic rings. The molecule has 1 aliphatic rings. The first-order chi connectivity index (χ1) is 9.20. The van der Waals surface area contributed by atoms with Crippen molar-refractivity contribution in [2.75, 3.05) is 6.61 Å². The van der Waals surface area contributed by atoms with Crippen LogP contribution in [0.25, 0.3) is 11.1 Å². The van der Waals surface area contributed by atoms with Gasteiger partial charge in [-0.3, -0.25) is 0 Å². The highest BCUT2D eigenvalue weighted by atomic mass is 16.5. The summed E-state index contributed by atoms with van der Waals surface area (Å²) in [6.07, 6.45) is 4.34. The fourth-order valence-corrected chi connectivity index (χ4v) is 2.05. The van der Waals surface area contributed by atoms with Crippen LogP contribution in [0.1, 0.15) is 18.4 Å². The lowest BCUT2D eigenvalue weighted by atomic mass is 10.0. The first-order valence-electron chi connectivity index (χ1n) is 6.60. The molecular weight excluding hydrogens is 238 g/mol. The van der Waals surface area contributed by atoms with Gasteiger partial charge in [0, 0.05) is 17.8 Å². The van der Waals surface area contributed by atoms with Crippen molar-refractivity contribution in [3.8, 4) is 22.8 Å². The third-order valence-corrected chi connectivity index (χ3v) is 3.30. The molecule has 0 aliphatic heterocycles. The lowest BCUT2D eigenvalue weighted by Gasteiger charge is -2.07. The summed E-state index contributed by atoms with van der Waals surface area (Å²) >= 11 is 0. The predicted octanol–water partition coefficient (Wildman–Crippen LogP) is 3.55. The minimum Gasteiger partial charge on any atom is -0.508 e. The molecule has 1 aromatic carbocycles. The van der Waals surface area contributed by atoms with Crippen molar-refractivity contribution >= 4 is 0 Å². The molecule has 0 atom stereocenters. The largest absolute Gasteiger partial charge is 0.508 e. The minimum atomic E-state index is 0.282. The molecule has 1 heterocycles. The van der Waals surface area contributed by atoms with Crippen LogP contribution in [0.2, 0.25) is 0 Å². The topological polar surface area (TPSA) is 42.4 Å². The average molecular weight is 255 g/mol. The van der Waals surface area contributed by atoms with Gasteiger partial charge in [0.25, 0.3) is 0 Å². The Morgan fingerprint density at radius 2 is 2.05 bits per heavy atom. The number of phenolic OH excluding ortho intramolecular Hbond substituents is 1. The highest BCUT2D eigenvalue weighted by Gasteiger charge is 2.22. The molecule has 1 aliphatic carbocycles. The Morgan fingerprint density at radius 3 is 2.68 bits per heavy atom. The molecule has 0 radical (unpaired) electrons. The quantitative estimate of drug-likeness (QED) is 0.908. The van der Waals surface area contributed by atoms with E-state index >= 15 is 0 Å². The maximum absolute atomic E-state index is 9.62. The zero-order chi connectivity index (χ0) is 13.2. The molecule has 1 saturated carbocycles. The Morgan fingerprint density at radius 1 is 1.21 bits per heavy atom. The number of ether oxygens (including phenoxy) is 1. The van der Waals surface area contributed by atoms with Crippen molar-refractivity contribution in [2.45, 2.75) is 19.8 Å². The first-order valence-corrected chi connectivity index (χ1v) is 6.60. The summed E-state index contributed by atoms with van der Waals surface area (Å²) in [5, 5.41) is 9.62. The van der Waals surface area contributed by atoms with Crippen molar-refractivity contribution in [3.63, 3.8) is 0 Å². The molecule has 0 spiro atoms. The molecule has 1 N–H and O–H groups in total. The van der Waals surface area contributed by atoms with E-state index < -0.39 is 0 Å². The van der Waals surface area contributed by atoms with Crippen LogP contribution in [0, 0.1) is 12.8 Å². The maximum Gasteiger partial charge on any atom is 0.213 e. The van der Waals surface area contributed by atoms with E-state index in [0.717, 1.165) is 29.2 Å². The van der Waals surface area contributed by atoms with E-state index in [9.17, 15) is 5.11 Å². The lowest BCUT2D eigenvalue weighted by Crippen LogP contribution is -2.00. The van der Waals surface area contributed by atoms with Crippen LogP contribution >= 0.6 is 0 Å². The molecule has 1 fully saturated rings. The maximum atomic E-state index is 9.62. The van der Waals surface area contributed by atoms with Crippen LogP contribution < -0.4 is 4.74 Å². The number of rotatable bonds is 4. The number of pyridine rings is 1. The van der Waals surface area contributed by atoms with Crippen LogP contribution in [0.3, 0.4) is 0 Å². The second-order valence-corrected chi connectivity index (χ2v) is 5.20. The number of aryl methyl sites for hydroxylation is 1. The van der Waals surface area contributed by atoms with Gasteiger partial charge in [0.1, 0.15) is 5.75 Å². The van der Waals surface area contributed by atoms with Gasteiger partial charge in [0.15, 0.2) is 0 Å². The first kappa shape index (κ1) is 12.0. The Balaban J connectivity index is 1.76. The summed E-state index contributed by atoms with van der Waals surface area (Å²) in [5.41, 5.74) is 2.99. The van der Waals surface area contributed by atoms with Crippen molar-refractivity contribution in [2.24, 2.45) is 5.92 Å². The molecule has 3 rings (SSSR count). The molecule has 98 valence electrons. The molecule has 0 bridgehead atoms. The number of aromatic nitrogens is 1. The second kappa shape index (κ2) is 4.92. The lowest BCUT2D eigenvalue weighted by molar-refractivity contribution is 0.288. The van der Waals surface area contributed by atoms with E-state index in [1.54, 1.807) is 18.3 Å². The SMILES string of the molecule is Cc1cc(O)cc(-c2ccc(OCC3CC3)nc2)c1. The van der Waals surface area contributed by atoms with Crippen molar-refractivity contribution in [1.29, 1.82) is 0 Å². The molecule has 1 aromatic heterocycles. The number of benzene rings is 1. The van der Waals surface area contributed by atoms with Gasteiger partial charge in [0.2, 0.25) is 5.88 Å². The Bertz CT molecular complexity index is 554. The van der Waals surface area contributed by atoms with E-state index in [0.29, 0.717) is 5.88 Å². The zero-order valence-electron chi connectivity index (χ0n) is 11.0. The van der Waals surface area contributed by atoms with E-state index in [4.69, 9.17) is 4.74 Å². The summed E-state index contributed by atoms with van der Waals surface area (Å²) in [7, 11) is 0. The molecule has 19 heavy (non-hydrogen) atoms. The number of aromatic hydroxyl groups is 1.